The lowest BCUT2D eigenvalue weighted by molar-refractivity contribution is 0.0926. The zero-order chi connectivity index (χ0) is 16.0. The molecule has 1 saturated carbocycles. The predicted molar refractivity (Wildman–Crippen MR) is 93.1 cm³/mol. The number of aromatic nitrogens is 1. The molecule has 3 aromatic rings. The van der Waals surface area contributed by atoms with Crippen LogP contribution in [0.15, 0.2) is 48.5 Å². The van der Waals surface area contributed by atoms with Crippen LogP contribution in [0.5, 0.6) is 0 Å². The maximum Gasteiger partial charge on any atom is 0.268 e. The molecular weight excluding hydrogens is 331 g/mol. The Hall–Kier alpha value is -1.97. The molecule has 0 saturated heterocycles. The topological polar surface area (TPSA) is 44.9 Å². The van der Waals surface area contributed by atoms with Crippen molar-refractivity contribution in [2.24, 2.45) is 0 Å². The molecule has 1 heterocycles. The Labute approximate surface area is 143 Å². The van der Waals surface area contributed by atoms with Crippen LogP contribution < -0.4 is 5.32 Å². The van der Waals surface area contributed by atoms with E-state index in [1.165, 1.54) is 0 Å². The van der Waals surface area contributed by atoms with Crippen LogP contribution in [-0.2, 0) is 5.54 Å². The molecule has 1 aromatic heterocycles. The van der Waals surface area contributed by atoms with Gasteiger partial charge in [0.1, 0.15) is 5.69 Å². The Bertz CT molecular complexity index is 895. The number of nitrogens with one attached hydrogen (secondary N) is 2. The molecule has 4 rings (SSSR count). The summed E-state index contributed by atoms with van der Waals surface area (Å²) in [4.78, 5) is 15.7. The van der Waals surface area contributed by atoms with E-state index in [4.69, 9.17) is 23.2 Å². The normalized spacial score (nSPS) is 15.6. The fraction of sp³-hybridized carbons (Fsp3) is 0.167. The van der Waals surface area contributed by atoms with E-state index in [2.05, 4.69) is 10.3 Å². The van der Waals surface area contributed by atoms with Crippen LogP contribution in [0.4, 0.5) is 0 Å². The van der Waals surface area contributed by atoms with Gasteiger partial charge in [-0.25, -0.2) is 0 Å². The molecule has 0 aliphatic heterocycles. The van der Waals surface area contributed by atoms with Gasteiger partial charge in [-0.15, -0.1) is 0 Å². The van der Waals surface area contributed by atoms with E-state index in [0.717, 1.165) is 29.3 Å². The summed E-state index contributed by atoms with van der Waals surface area (Å²) in [5, 5.41) is 5.43. The second-order valence-corrected chi connectivity index (χ2v) is 6.83. The number of hydrogen-bond donors (Lipinski definition) is 2. The first kappa shape index (κ1) is 14.6. The van der Waals surface area contributed by atoms with E-state index in [1.807, 2.05) is 42.5 Å². The van der Waals surface area contributed by atoms with E-state index in [0.29, 0.717) is 15.7 Å². The second-order valence-electron chi connectivity index (χ2n) is 5.96. The minimum absolute atomic E-state index is 0.107. The third-order valence-corrected chi connectivity index (χ3v) is 4.81. The summed E-state index contributed by atoms with van der Waals surface area (Å²) < 4.78 is 0. The van der Waals surface area contributed by atoms with Crippen LogP contribution in [0, 0.1) is 0 Å². The quantitative estimate of drug-likeness (QED) is 0.697. The molecule has 5 heteroatoms. The van der Waals surface area contributed by atoms with E-state index in [-0.39, 0.29) is 11.4 Å². The standard InChI is InChI=1S/C18H14Cl2N2O/c19-13-3-1-12(2-4-13)18(7-8-18)22-17(23)16-10-11-9-14(20)5-6-15(11)21-16/h1-6,9-10,21H,7-8H2,(H,22,23). The zero-order valence-electron chi connectivity index (χ0n) is 12.2. The number of hydrogen-bond acceptors (Lipinski definition) is 1. The lowest BCUT2D eigenvalue weighted by Gasteiger charge is -2.17. The Balaban J connectivity index is 1.60. The average molecular weight is 345 g/mol. The van der Waals surface area contributed by atoms with Crippen LogP contribution >= 0.6 is 23.2 Å². The van der Waals surface area contributed by atoms with Gasteiger partial charge in [0.05, 0.1) is 5.54 Å². The molecule has 116 valence electrons. The fourth-order valence-corrected chi connectivity index (χ4v) is 3.20. The van der Waals surface area contributed by atoms with Crippen molar-refractivity contribution in [2.75, 3.05) is 0 Å². The zero-order valence-corrected chi connectivity index (χ0v) is 13.7. The highest BCUT2D eigenvalue weighted by atomic mass is 35.5. The summed E-state index contributed by atoms with van der Waals surface area (Å²) in [5.41, 5.74) is 2.27. The summed E-state index contributed by atoms with van der Waals surface area (Å²) in [7, 11) is 0. The van der Waals surface area contributed by atoms with Crippen LogP contribution in [-0.4, -0.2) is 10.9 Å². The molecule has 1 aliphatic carbocycles. The average Bonchev–Trinajstić information content (AvgIpc) is 3.18. The molecule has 0 atom stereocenters. The Morgan fingerprint density at radius 2 is 1.70 bits per heavy atom. The third-order valence-electron chi connectivity index (χ3n) is 4.33. The first-order valence-electron chi connectivity index (χ1n) is 7.43. The van der Waals surface area contributed by atoms with Crippen molar-refractivity contribution in [2.45, 2.75) is 18.4 Å². The molecule has 1 fully saturated rings. The van der Waals surface area contributed by atoms with Crippen molar-refractivity contribution in [3.8, 4) is 0 Å². The minimum atomic E-state index is -0.267. The lowest BCUT2D eigenvalue weighted by atomic mass is 10.0. The molecular formula is C18H14Cl2N2O. The Kier molecular flexibility index (Phi) is 3.36. The van der Waals surface area contributed by atoms with Gasteiger partial charge in [-0.1, -0.05) is 35.3 Å². The first-order chi connectivity index (χ1) is 11.1. The van der Waals surface area contributed by atoms with Gasteiger partial charge in [0.15, 0.2) is 0 Å². The molecule has 0 spiro atoms. The molecule has 0 unspecified atom stereocenters. The van der Waals surface area contributed by atoms with Crippen molar-refractivity contribution in [3.63, 3.8) is 0 Å². The largest absolute Gasteiger partial charge is 0.351 e. The van der Waals surface area contributed by atoms with Crippen molar-refractivity contribution in [1.29, 1.82) is 0 Å². The summed E-state index contributed by atoms with van der Waals surface area (Å²) in [6.45, 7) is 0. The molecule has 0 radical (unpaired) electrons. The van der Waals surface area contributed by atoms with Crippen LogP contribution in [0.25, 0.3) is 10.9 Å². The van der Waals surface area contributed by atoms with Gasteiger partial charge >= 0.3 is 0 Å². The number of carbonyl (C=O) groups is 1. The number of fused-ring (bicyclic) bond motifs is 1. The van der Waals surface area contributed by atoms with Gasteiger partial charge < -0.3 is 10.3 Å². The van der Waals surface area contributed by atoms with Crippen LogP contribution in [0.3, 0.4) is 0 Å². The van der Waals surface area contributed by atoms with Crippen LogP contribution in [0.2, 0.25) is 10.0 Å². The third kappa shape index (κ3) is 2.71. The van der Waals surface area contributed by atoms with Gasteiger partial charge in [0, 0.05) is 20.9 Å². The number of benzene rings is 2. The number of halogens is 2. The van der Waals surface area contributed by atoms with E-state index < -0.39 is 0 Å². The van der Waals surface area contributed by atoms with Crippen molar-refractivity contribution in [1.82, 2.24) is 10.3 Å². The van der Waals surface area contributed by atoms with Gasteiger partial charge in [0.25, 0.3) is 5.91 Å². The fourth-order valence-electron chi connectivity index (χ4n) is 2.89. The van der Waals surface area contributed by atoms with Gasteiger partial charge in [0.2, 0.25) is 0 Å². The minimum Gasteiger partial charge on any atom is -0.351 e. The highest BCUT2D eigenvalue weighted by molar-refractivity contribution is 6.31. The van der Waals surface area contributed by atoms with E-state index in [1.54, 1.807) is 6.07 Å². The van der Waals surface area contributed by atoms with Crippen molar-refractivity contribution < 1.29 is 4.79 Å². The number of amides is 1. The molecule has 3 nitrogen and oxygen atoms in total. The number of H-pyrrole nitrogens is 1. The first-order valence-corrected chi connectivity index (χ1v) is 8.18. The summed E-state index contributed by atoms with van der Waals surface area (Å²) >= 11 is 11.9. The predicted octanol–water partition coefficient (Wildman–Crippen LogP) is 4.89. The molecule has 1 aliphatic rings. The number of rotatable bonds is 3. The SMILES string of the molecule is O=C(NC1(c2ccc(Cl)cc2)CC1)c1cc2cc(Cl)ccc2[nH]1. The van der Waals surface area contributed by atoms with Gasteiger partial charge in [-0.2, -0.15) is 0 Å². The van der Waals surface area contributed by atoms with Crippen molar-refractivity contribution >= 4 is 40.0 Å². The highest BCUT2D eigenvalue weighted by Gasteiger charge is 2.45. The summed E-state index contributed by atoms with van der Waals surface area (Å²) in [5.74, 6) is -0.107. The highest BCUT2D eigenvalue weighted by Crippen LogP contribution is 2.45. The summed E-state index contributed by atoms with van der Waals surface area (Å²) in [6.07, 6.45) is 1.87. The molecule has 2 N–H and O–H groups in total. The molecule has 1 amide bonds. The number of aromatic amines is 1. The monoisotopic (exact) mass is 344 g/mol. The van der Waals surface area contributed by atoms with Gasteiger partial charge in [-0.3, -0.25) is 4.79 Å². The molecule has 23 heavy (non-hydrogen) atoms. The molecule has 0 bridgehead atoms. The Morgan fingerprint density at radius 1 is 1.00 bits per heavy atom. The van der Waals surface area contributed by atoms with Gasteiger partial charge in [-0.05, 0) is 54.8 Å². The maximum absolute atomic E-state index is 12.6. The van der Waals surface area contributed by atoms with E-state index in [9.17, 15) is 4.79 Å². The molecule has 2 aromatic carbocycles. The maximum atomic E-state index is 12.6. The number of carbonyl (C=O) groups excluding carboxylic acids is 1. The smallest absolute Gasteiger partial charge is 0.268 e. The van der Waals surface area contributed by atoms with E-state index >= 15 is 0 Å². The lowest BCUT2D eigenvalue weighted by Crippen LogP contribution is -2.35. The van der Waals surface area contributed by atoms with Crippen LogP contribution in [0.1, 0.15) is 28.9 Å². The summed E-state index contributed by atoms with van der Waals surface area (Å²) in [6, 6.07) is 15.0. The van der Waals surface area contributed by atoms with Crippen molar-refractivity contribution in [3.05, 3.63) is 69.8 Å². The Morgan fingerprint density at radius 3 is 2.39 bits per heavy atom. The second kappa shape index (κ2) is 5.29.